The van der Waals surface area contributed by atoms with Gasteiger partial charge in [-0.15, -0.1) is 0 Å². The summed E-state index contributed by atoms with van der Waals surface area (Å²) >= 11 is 1.30. The summed E-state index contributed by atoms with van der Waals surface area (Å²) in [7, 11) is 0. The molecule has 0 spiro atoms. The van der Waals surface area contributed by atoms with Gasteiger partial charge in [-0.05, 0) is 50.9 Å². The van der Waals surface area contributed by atoms with Crippen molar-refractivity contribution in [1.29, 1.82) is 0 Å². The normalized spacial score (nSPS) is 18.3. The van der Waals surface area contributed by atoms with E-state index in [0.717, 1.165) is 0 Å². The topological polar surface area (TPSA) is 98.6 Å². The average Bonchev–Trinajstić information content (AvgIpc) is 3.40. The second-order valence-corrected chi connectivity index (χ2v) is 9.66. The number of aldehydes is 1. The summed E-state index contributed by atoms with van der Waals surface area (Å²) in [4.78, 5) is 54.6. The zero-order valence-corrected chi connectivity index (χ0v) is 19.2. The molecule has 0 amide bonds. The van der Waals surface area contributed by atoms with Crippen molar-refractivity contribution in [2.45, 2.75) is 32.4 Å². The number of ether oxygens (including phenoxy) is 1. The fourth-order valence-electron chi connectivity index (χ4n) is 3.86. The zero-order valence-electron chi connectivity index (χ0n) is 18.4. The SMILES string of the molecule is CC(C)(C)OC(=O)n1cc(C(=O)C2CSN(c3cccnc3)C2C(=O)C=O)c2ccccc21. The molecule has 170 valence electrons. The molecule has 8 nitrogen and oxygen atoms in total. The van der Waals surface area contributed by atoms with Gasteiger partial charge in [0.05, 0.1) is 23.3 Å². The molecule has 0 saturated carbocycles. The molecule has 0 aliphatic carbocycles. The minimum absolute atomic E-state index is 0.254. The third-order valence-corrected chi connectivity index (χ3v) is 6.46. The van der Waals surface area contributed by atoms with Crippen molar-refractivity contribution in [2.24, 2.45) is 5.92 Å². The molecular formula is C24H23N3O5S. The van der Waals surface area contributed by atoms with Gasteiger partial charge in [-0.2, -0.15) is 0 Å². The molecule has 33 heavy (non-hydrogen) atoms. The summed E-state index contributed by atoms with van der Waals surface area (Å²) in [5, 5.41) is 0.579. The maximum absolute atomic E-state index is 13.7. The maximum Gasteiger partial charge on any atom is 0.419 e. The van der Waals surface area contributed by atoms with Gasteiger partial charge in [0, 0.05) is 29.1 Å². The van der Waals surface area contributed by atoms with Crippen LogP contribution in [0.1, 0.15) is 31.1 Å². The minimum Gasteiger partial charge on any atom is -0.443 e. The molecule has 2 unspecified atom stereocenters. The molecule has 3 heterocycles. The highest BCUT2D eigenvalue weighted by molar-refractivity contribution is 8.01. The van der Waals surface area contributed by atoms with E-state index < -0.39 is 29.4 Å². The molecule has 9 heteroatoms. The number of fused-ring (bicyclic) bond motifs is 1. The van der Waals surface area contributed by atoms with Crippen LogP contribution in [0.15, 0.2) is 55.0 Å². The lowest BCUT2D eigenvalue weighted by atomic mass is 9.89. The first-order valence-corrected chi connectivity index (χ1v) is 11.3. The van der Waals surface area contributed by atoms with E-state index in [9.17, 15) is 19.2 Å². The number of anilines is 1. The van der Waals surface area contributed by atoms with Crippen LogP contribution in [-0.2, 0) is 14.3 Å². The first kappa shape index (κ1) is 22.7. The van der Waals surface area contributed by atoms with Crippen molar-refractivity contribution in [2.75, 3.05) is 10.1 Å². The number of hydrogen-bond donors (Lipinski definition) is 0. The summed E-state index contributed by atoms with van der Waals surface area (Å²) in [6.07, 6.45) is 4.30. The fraction of sp³-hybridized carbons (Fsp3) is 0.292. The Bertz CT molecular complexity index is 1230. The molecule has 1 fully saturated rings. The Kier molecular flexibility index (Phi) is 6.07. The number of carbonyl (C=O) groups excluding carboxylic acids is 4. The summed E-state index contributed by atoms with van der Waals surface area (Å²) in [6.45, 7) is 5.29. The van der Waals surface area contributed by atoms with Crippen LogP contribution >= 0.6 is 11.9 Å². The predicted molar refractivity (Wildman–Crippen MR) is 125 cm³/mol. The van der Waals surface area contributed by atoms with E-state index in [1.165, 1.54) is 22.7 Å². The molecular weight excluding hydrogens is 442 g/mol. The number of aromatic nitrogens is 2. The molecule has 0 bridgehead atoms. The Morgan fingerprint density at radius 1 is 1.15 bits per heavy atom. The second-order valence-electron chi connectivity index (χ2n) is 8.68. The predicted octanol–water partition coefficient (Wildman–Crippen LogP) is 3.92. The summed E-state index contributed by atoms with van der Waals surface area (Å²) in [5.41, 5.74) is 0.761. The third kappa shape index (κ3) is 4.41. The van der Waals surface area contributed by atoms with Crippen molar-refractivity contribution >= 4 is 52.5 Å². The van der Waals surface area contributed by atoms with Gasteiger partial charge in [-0.3, -0.25) is 23.9 Å². The monoisotopic (exact) mass is 465 g/mol. The number of Topliss-reactive ketones (excluding diaryl/α,β-unsaturated/α-hetero) is 2. The molecule has 1 aliphatic heterocycles. The molecule has 1 saturated heterocycles. The number of hydrogen-bond acceptors (Lipinski definition) is 8. The van der Waals surface area contributed by atoms with Gasteiger partial charge in [-0.1, -0.05) is 18.2 Å². The van der Waals surface area contributed by atoms with Crippen LogP contribution in [0.3, 0.4) is 0 Å². The van der Waals surface area contributed by atoms with Gasteiger partial charge in [0.15, 0.2) is 12.1 Å². The zero-order chi connectivity index (χ0) is 23.8. The summed E-state index contributed by atoms with van der Waals surface area (Å²) < 4.78 is 8.47. The maximum atomic E-state index is 13.7. The average molecular weight is 466 g/mol. The lowest BCUT2D eigenvalue weighted by Gasteiger charge is -2.24. The van der Waals surface area contributed by atoms with Gasteiger partial charge in [0.1, 0.15) is 11.6 Å². The fourth-order valence-corrected chi connectivity index (χ4v) is 5.18. The Labute approximate surface area is 195 Å². The van der Waals surface area contributed by atoms with Crippen molar-refractivity contribution < 1.29 is 23.9 Å². The molecule has 4 rings (SSSR count). The van der Waals surface area contributed by atoms with Crippen molar-refractivity contribution in [1.82, 2.24) is 9.55 Å². The van der Waals surface area contributed by atoms with Gasteiger partial charge in [0.2, 0.25) is 5.78 Å². The van der Waals surface area contributed by atoms with Crippen LogP contribution in [0.5, 0.6) is 0 Å². The Hall–Kier alpha value is -3.46. The van der Waals surface area contributed by atoms with Crippen molar-refractivity contribution in [3.8, 4) is 0 Å². The molecule has 0 radical (unpaired) electrons. The lowest BCUT2D eigenvalue weighted by molar-refractivity contribution is -0.130. The second kappa shape index (κ2) is 8.82. The van der Waals surface area contributed by atoms with Crippen LogP contribution in [0.2, 0.25) is 0 Å². The molecule has 0 N–H and O–H groups in total. The van der Waals surface area contributed by atoms with Gasteiger partial charge < -0.3 is 9.04 Å². The van der Waals surface area contributed by atoms with E-state index in [-0.39, 0.29) is 12.1 Å². The Morgan fingerprint density at radius 2 is 1.91 bits per heavy atom. The van der Waals surface area contributed by atoms with E-state index in [1.54, 1.807) is 73.9 Å². The minimum atomic E-state index is -0.965. The number of rotatable bonds is 5. The van der Waals surface area contributed by atoms with E-state index in [0.29, 0.717) is 27.9 Å². The Morgan fingerprint density at radius 3 is 2.58 bits per heavy atom. The van der Waals surface area contributed by atoms with Gasteiger partial charge in [0.25, 0.3) is 0 Å². The molecule has 1 aromatic carbocycles. The van der Waals surface area contributed by atoms with Crippen LogP contribution in [0.4, 0.5) is 10.5 Å². The highest BCUT2D eigenvalue weighted by atomic mass is 32.2. The van der Waals surface area contributed by atoms with Gasteiger partial charge in [-0.25, -0.2) is 4.79 Å². The van der Waals surface area contributed by atoms with Crippen LogP contribution in [0, 0.1) is 5.92 Å². The van der Waals surface area contributed by atoms with E-state index in [4.69, 9.17) is 4.74 Å². The number of benzene rings is 1. The van der Waals surface area contributed by atoms with E-state index in [1.807, 2.05) is 0 Å². The first-order chi connectivity index (χ1) is 15.7. The van der Waals surface area contributed by atoms with Crippen LogP contribution in [0.25, 0.3) is 10.9 Å². The number of carbonyl (C=O) groups is 4. The Balaban J connectivity index is 1.74. The van der Waals surface area contributed by atoms with E-state index in [2.05, 4.69) is 4.98 Å². The summed E-state index contributed by atoms with van der Waals surface area (Å²) in [5.74, 6) is -1.46. The smallest absolute Gasteiger partial charge is 0.419 e. The molecule has 1 aliphatic rings. The number of pyridine rings is 1. The van der Waals surface area contributed by atoms with Crippen LogP contribution in [-0.4, -0.2) is 50.9 Å². The largest absolute Gasteiger partial charge is 0.443 e. The van der Waals surface area contributed by atoms with Gasteiger partial charge >= 0.3 is 6.09 Å². The van der Waals surface area contributed by atoms with Crippen molar-refractivity contribution in [3.63, 3.8) is 0 Å². The van der Waals surface area contributed by atoms with Crippen molar-refractivity contribution in [3.05, 3.63) is 60.6 Å². The highest BCUT2D eigenvalue weighted by Gasteiger charge is 2.45. The molecule has 3 aromatic rings. The first-order valence-electron chi connectivity index (χ1n) is 10.4. The van der Waals surface area contributed by atoms with E-state index >= 15 is 0 Å². The lowest BCUT2D eigenvalue weighted by Crippen LogP contribution is -2.41. The molecule has 2 atom stereocenters. The number of para-hydroxylation sites is 1. The quantitative estimate of drug-likeness (QED) is 0.242. The molecule has 2 aromatic heterocycles. The highest BCUT2D eigenvalue weighted by Crippen LogP contribution is 2.39. The summed E-state index contributed by atoms with van der Waals surface area (Å²) in [6, 6.07) is 9.56. The van der Waals surface area contributed by atoms with Crippen LogP contribution < -0.4 is 4.31 Å². The number of ketones is 2. The number of nitrogens with zero attached hydrogens (tertiary/aromatic N) is 3. The third-order valence-electron chi connectivity index (χ3n) is 5.24. The standard InChI is InChI=1S/C24H23N3O5S/c1-24(2,3)32-23(31)26-12-17(16-8-4-5-9-19(16)26)22(30)18-14-33-27(21(18)20(29)13-28)15-7-6-10-25-11-15/h4-13,18,21H,14H2,1-3H3.